The average molecular weight is 554 g/mol. The van der Waals surface area contributed by atoms with Crippen molar-refractivity contribution in [2.75, 3.05) is 6.61 Å². The Balaban J connectivity index is 0.00000181. The van der Waals surface area contributed by atoms with Crippen molar-refractivity contribution in [2.45, 2.75) is 32.2 Å². The minimum atomic E-state index is -1.05. The molecule has 0 aliphatic heterocycles. The van der Waals surface area contributed by atoms with Crippen LogP contribution in [0.15, 0.2) is 95.9 Å². The lowest BCUT2D eigenvalue weighted by atomic mass is 10.0. The van der Waals surface area contributed by atoms with Gasteiger partial charge in [0.2, 0.25) is 0 Å². The summed E-state index contributed by atoms with van der Waals surface area (Å²) in [4.78, 5) is 38.8. The molecule has 0 spiro atoms. The van der Waals surface area contributed by atoms with Crippen LogP contribution in [0.25, 0.3) is 21.7 Å². The van der Waals surface area contributed by atoms with Crippen LogP contribution in [0.2, 0.25) is 0 Å². The summed E-state index contributed by atoms with van der Waals surface area (Å²) in [6.45, 7) is 5.98. The van der Waals surface area contributed by atoms with Gasteiger partial charge in [0.15, 0.2) is 6.61 Å². The maximum absolute atomic E-state index is 13.1. The number of hydrogen-bond acceptors (Lipinski definition) is 5. The number of fused-ring (bicyclic) bond motifs is 2. The van der Waals surface area contributed by atoms with Gasteiger partial charge in [-0.15, -0.1) is 0 Å². The van der Waals surface area contributed by atoms with Gasteiger partial charge in [-0.3, -0.25) is 19.1 Å². The first-order valence-corrected chi connectivity index (χ1v) is 13.8. The fraction of sp³-hybridized carbons (Fsp3) is 0.156. The fourth-order valence-corrected chi connectivity index (χ4v) is 5.13. The van der Waals surface area contributed by atoms with Crippen LogP contribution >= 0.6 is 11.9 Å². The van der Waals surface area contributed by atoms with Crippen molar-refractivity contribution < 1.29 is 19.1 Å². The third-order valence-electron chi connectivity index (χ3n) is 6.30. The topological polar surface area (TPSA) is 103 Å². The van der Waals surface area contributed by atoms with Crippen LogP contribution in [0.3, 0.4) is 0 Å². The van der Waals surface area contributed by atoms with E-state index in [-0.39, 0.29) is 18.1 Å². The van der Waals surface area contributed by atoms with Gasteiger partial charge in [-0.25, -0.2) is 0 Å². The van der Waals surface area contributed by atoms with E-state index in [1.165, 1.54) is 11.9 Å². The van der Waals surface area contributed by atoms with Gasteiger partial charge in [-0.1, -0.05) is 86.6 Å². The van der Waals surface area contributed by atoms with Crippen molar-refractivity contribution in [3.63, 3.8) is 0 Å². The number of nitrogens with two attached hydrogens (primary N) is 1. The van der Waals surface area contributed by atoms with Gasteiger partial charge in [0.25, 0.3) is 17.6 Å². The summed E-state index contributed by atoms with van der Waals surface area (Å²) in [5.74, 6) is -1.84. The first-order chi connectivity index (χ1) is 19.4. The molecular formula is C32H31N3O4S. The fourth-order valence-electron chi connectivity index (χ4n) is 4.54. The predicted molar refractivity (Wildman–Crippen MR) is 161 cm³/mol. The van der Waals surface area contributed by atoms with Crippen LogP contribution in [-0.2, 0) is 16.1 Å². The van der Waals surface area contributed by atoms with Crippen LogP contribution in [0.4, 0.5) is 0 Å². The highest BCUT2D eigenvalue weighted by Gasteiger charge is 2.28. The molecule has 5 aromatic rings. The standard InChI is InChI=1S/C30H25N3O4S.C2H6/c1-19-26(28(35)30(31)36)27-24(33(19)17-20-10-4-2-5-11-20)16-21-12-8-9-15-23(21)29(27)37-18-25(34)32-38-22-13-6-3-7-14-22;1-2/h2-16H,17-18H2,1H3,(H2,31,36)(H,32,34);1-2H3. The Morgan fingerprint density at radius 2 is 1.52 bits per heavy atom. The molecule has 0 atom stereocenters. The zero-order valence-corrected chi connectivity index (χ0v) is 23.5. The Hall–Kier alpha value is -4.56. The average Bonchev–Trinajstić information content (AvgIpc) is 3.26. The number of Topliss-reactive ketones (excluding diaryl/α,β-unsaturated/α-hetero) is 1. The van der Waals surface area contributed by atoms with Crippen LogP contribution in [-0.4, -0.2) is 28.8 Å². The molecule has 5 rings (SSSR count). The predicted octanol–water partition coefficient (Wildman–Crippen LogP) is 6.05. The number of hydrogen-bond donors (Lipinski definition) is 2. The summed E-state index contributed by atoms with van der Waals surface area (Å²) in [7, 11) is 0. The van der Waals surface area contributed by atoms with Gasteiger partial charge in [0.1, 0.15) is 5.75 Å². The second-order valence-corrected chi connectivity index (χ2v) is 9.66. The molecule has 4 aromatic carbocycles. The summed E-state index contributed by atoms with van der Waals surface area (Å²) in [5, 5.41) is 2.06. The lowest BCUT2D eigenvalue weighted by molar-refractivity contribution is -0.121. The summed E-state index contributed by atoms with van der Waals surface area (Å²) in [6, 6.07) is 28.8. The number of primary amides is 1. The third kappa shape index (κ3) is 6.02. The summed E-state index contributed by atoms with van der Waals surface area (Å²) >= 11 is 1.19. The Morgan fingerprint density at radius 1 is 0.900 bits per heavy atom. The molecule has 0 unspecified atom stereocenters. The van der Waals surface area contributed by atoms with Gasteiger partial charge >= 0.3 is 0 Å². The van der Waals surface area contributed by atoms with Gasteiger partial charge in [0, 0.05) is 22.5 Å². The minimum Gasteiger partial charge on any atom is -0.482 e. The molecule has 0 bridgehead atoms. The molecule has 8 heteroatoms. The number of benzene rings is 4. The van der Waals surface area contributed by atoms with E-state index in [4.69, 9.17) is 10.5 Å². The Kier molecular flexibility index (Phi) is 9.24. The van der Waals surface area contributed by atoms with Crippen LogP contribution in [0.5, 0.6) is 5.75 Å². The molecule has 0 aliphatic carbocycles. The first-order valence-electron chi connectivity index (χ1n) is 13.0. The van der Waals surface area contributed by atoms with Crippen LogP contribution < -0.4 is 15.2 Å². The zero-order valence-electron chi connectivity index (χ0n) is 22.6. The Morgan fingerprint density at radius 3 is 2.20 bits per heavy atom. The minimum absolute atomic E-state index is 0.184. The smallest absolute Gasteiger partial charge is 0.289 e. The molecule has 2 amide bonds. The van der Waals surface area contributed by atoms with E-state index in [1.54, 1.807) is 6.92 Å². The largest absolute Gasteiger partial charge is 0.482 e. The molecule has 40 heavy (non-hydrogen) atoms. The van der Waals surface area contributed by atoms with E-state index in [0.717, 1.165) is 21.2 Å². The van der Waals surface area contributed by atoms with E-state index in [9.17, 15) is 14.4 Å². The molecule has 1 aromatic heterocycles. The van der Waals surface area contributed by atoms with E-state index < -0.39 is 11.7 Å². The highest BCUT2D eigenvalue weighted by molar-refractivity contribution is 7.98. The number of ketones is 1. The van der Waals surface area contributed by atoms with E-state index >= 15 is 0 Å². The Bertz CT molecular complexity index is 1660. The zero-order chi connectivity index (χ0) is 28.6. The summed E-state index contributed by atoms with van der Waals surface area (Å²) in [5.41, 5.74) is 7.98. The van der Waals surface area contributed by atoms with E-state index in [1.807, 2.05) is 109 Å². The summed E-state index contributed by atoms with van der Waals surface area (Å²) in [6.07, 6.45) is 0. The molecule has 3 N–H and O–H groups in total. The SMILES string of the molecule is CC.Cc1c(C(=O)C(N)=O)c2c(OCC(=O)NSc3ccccc3)c3ccccc3cc2n1Cc1ccccc1. The van der Waals surface area contributed by atoms with Crippen molar-refractivity contribution >= 4 is 51.2 Å². The molecule has 0 saturated carbocycles. The van der Waals surface area contributed by atoms with Crippen molar-refractivity contribution in [3.05, 3.63) is 108 Å². The van der Waals surface area contributed by atoms with Crippen molar-refractivity contribution in [3.8, 4) is 5.75 Å². The lowest BCUT2D eigenvalue weighted by Gasteiger charge is -2.13. The number of amides is 2. The number of nitrogens with zero attached hydrogens (tertiary/aromatic N) is 1. The number of rotatable bonds is 9. The highest BCUT2D eigenvalue weighted by atomic mass is 32.2. The highest BCUT2D eigenvalue weighted by Crippen LogP contribution is 2.40. The number of carbonyl (C=O) groups excluding carboxylic acids is 3. The van der Waals surface area contributed by atoms with Crippen LogP contribution in [0, 0.1) is 6.92 Å². The number of nitrogens with one attached hydrogen (secondary N) is 1. The molecule has 7 nitrogen and oxygen atoms in total. The molecule has 0 radical (unpaired) electrons. The number of aromatic nitrogens is 1. The third-order valence-corrected chi connectivity index (χ3v) is 7.13. The normalized spacial score (nSPS) is 10.6. The monoisotopic (exact) mass is 553 g/mol. The van der Waals surface area contributed by atoms with Crippen molar-refractivity contribution in [2.24, 2.45) is 5.73 Å². The molecular weight excluding hydrogens is 522 g/mol. The Labute approximate surface area is 237 Å². The van der Waals surface area contributed by atoms with Crippen molar-refractivity contribution in [1.82, 2.24) is 9.29 Å². The van der Waals surface area contributed by atoms with Gasteiger partial charge in [0.05, 0.1) is 16.5 Å². The van der Waals surface area contributed by atoms with Gasteiger partial charge < -0.3 is 15.0 Å². The molecule has 204 valence electrons. The molecule has 0 fully saturated rings. The second-order valence-electron chi connectivity index (χ2n) is 8.78. The lowest BCUT2D eigenvalue weighted by Crippen LogP contribution is -2.24. The van der Waals surface area contributed by atoms with E-state index in [0.29, 0.717) is 28.9 Å². The number of carbonyl (C=O) groups is 3. The molecule has 1 heterocycles. The van der Waals surface area contributed by atoms with Crippen LogP contribution in [0.1, 0.15) is 35.5 Å². The van der Waals surface area contributed by atoms with Gasteiger partial charge in [-0.05, 0) is 48.0 Å². The first kappa shape index (κ1) is 28.4. The summed E-state index contributed by atoms with van der Waals surface area (Å²) < 4.78 is 10.9. The van der Waals surface area contributed by atoms with E-state index in [2.05, 4.69) is 4.72 Å². The van der Waals surface area contributed by atoms with Crippen molar-refractivity contribution in [1.29, 1.82) is 0 Å². The maximum atomic E-state index is 13.1. The van der Waals surface area contributed by atoms with Gasteiger partial charge in [-0.2, -0.15) is 0 Å². The molecule has 0 aliphatic rings. The quantitative estimate of drug-likeness (QED) is 0.131. The maximum Gasteiger partial charge on any atom is 0.289 e. The number of ether oxygens (including phenoxy) is 1. The second kappa shape index (κ2) is 13.0. The molecule has 0 saturated heterocycles.